The monoisotopic (exact) mass is 396 g/mol. The van der Waals surface area contributed by atoms with E-state index in [2.05, 4.69) is 54.4 Å². The standard InChI is InChI=1S/C24H33N2OP/c1-4-7-14-21(5-2)24(6-3)28(27)25(22-15-10-8-11-16-22)19-20-26(28)23-17-12-9-13-18-23/h8-13,15-18H,4-7,14,19-20H2,1-3H3/b24-21+. The molecule has 0 amide bonds. The molecule has 0 unspecified atom stereocenters. The van der Waals surface area contributed by atoms with E-state index in [9.17, 15) is 4.57 Å². The van der Waals surface area contributed by atoms with E-state index in [1.54, 1.807) is 0 Å². The largest absolute Gasteiger partial charge is 0.302 e. The van der Waals surface area contributed by atoms with Crippen LogP contribution in [-0.2, 0) is 4.57 Å². The van der Waals surface area contributed by atoms with Gasteiger partial charge < -0.3 is 9.34 Å². The Morgan fingerprint density at radius 2 is 1.32 bits per heavy atom. The number of hydrogen-bond acceptors (Lipinski definition) is 1. The van der Waals surface area contributed by atoms with Crippen LogP contribution in [0.1, 0.15) is 52.9 Å². The number of allylic oxidation sites excluding steroid dienone is 2. The second-order valence-electron chi connectivity index (χ2n) is 7.32. The van der Waals surface area contributed by atoms with Crippen LogP contribution in [0.2, 0.25) is 0 Å². The van der Waals surface area contributed by atoms with E-state index in [0.29, 0.717) is 0 Å². The van der Waals surface area contributed by atoms with Gasteiger partial charge >= 0.3 is 0 Å². The number of nitrogens with zero attached hydrogens (tertiary/aromatic N) is 2. The summed E-state index contributed by atoms with van der Waals surface area (Å²) in [6, 6.07) is 20.6. The van der Waals surface area contributed by atoms with Crippen molar-refractivity contribution in [2.24, 2.45) is 0 Å². The molecule has 0 N–H and O–H groups in total. The average molecular weight is 397 g/mol. The zero-order chi connectivity index (χ0) is 20.0. The fourth-order valence-electron chi connectivity index (χ4n) is 4.23. The van der Waals surface area contributed by atoms with E-state index >= 15 is 0 Å². The number of para-hydroxylation sites is 2. The van der Waals surface area contributed by atoms with Crippen molar-refractivity contribution >= 4 is 18.8 Å². The molecule has 1 fully saturated rings. The van der Waals surface area contributed by atoms with Gasteiger partial charge in [0.2, 0.25) is 0 Å². The van der Waals surface area contributed by atoms with E-state index < -0.39 is 7.44 Å². The summed E-state index contributed by atoms with van der Waals surface area (Å²) in [6.07, 6.45) is 5.17. The SMILES string of the molecule is CCCC/C(CC)=C(\CC)P1(=O)N(c2ccccc2)CCN1c1ccccc1. The van der Waals surface area contributed by atoms with Gasteiger partial charge in [0.15, 0.2) is 0 Å². The molecular formula is C24H33N2OP. The van der Waals surface area contributed by atoms with Gasteiger partial charge in [-0.05, 0) is 49.9 Å². The van der Waals surface area contributed by atoms with Crippen molar-refractivity contribution in [3.63, 3.8) is 0 Å². The quantitative estimate of drug-likeness (QED) is 0.432. The highest BCUT2D eigenvalue weighted by Crippen LogP contribution is 2.67. The minimum atomic E-state index is -2.91. The van der Waals surface area contributed by atoms with Crippen molar-refractivity contribution < 1.29 is 4.57 Å². The Balaban J connectivity index is 2.16. The summed E-state index contributed by atoms with van der Waals surface area (Å²) < 4.78 is 19.3. The van der Waals surface area contributed by atoms with Crippen molar-refractivity contribution in [1.82, 2.24) is 0 Å². The first-order chi connectivity index (χ1) is 13.7. The van der Waals surface area contributed by atoms with E-state index in [0.717, 1.165) is 61.9 Å². The van der Waals surface area contributed by atoms with E-state index in [4.69, 9.17) is 0 Å². The van der Waals surface area contributed by atoms with Crippen LogP contribution in [0, 0.1) is 0 Å². The maximum atomic E-state index is 15.0. The highest BCUT2D eigenvalue weighted by Gasteiger charge is 2.46. The second-order valence-corrected chi connectivity index (χ2v) is 9.92. The Morgan fingerprint density at radius 1 is 0.821 bits per heavy atom. The summed E-state index contributed by atoms with van der Waals surface area (Å²) in [7, 11) is -2.91. The van der Waals surface area contributed by atoms with Crippen LogP contribution in [0.3, 0.4) is 0 Å². The maximum Gasteiger partial charge on any atom is 0.288 e. The predicted octanol–water partition coefficient (Wildman–Crippen LogP) is 7.47. The normalized spacial score (nSPS) is 17.0. The molecule has 2 aromatic carbocycles. The minimum absolute atomic E-state index is 0.782. The first-order valence-corrected chi connectivity index (χ1v) is 12.3. The zero-order valence-electron chi connectivity index (χ0n) is 17.5. The lowest BCUT2D eigenvalue weighted by Crippen LogP contribution is -2.21. The van der Waals surface area contributed by atoms with Gasteiger partial charge in [0.1, 0.15) is 0 Å². The third-order valence-corrected chi connectivity index (χ3v) is 9.15. The summed E-state index contributed by atoms with van der Waals surface area (Å²) in [5, 5.41) is 1.16. The van der Waals surface area contributed by atoms with Crippen molar-refractivity contribution in [2.45, 2.75) is 52.9 Å². The lowest BCUT2D eigenvalue weighted by atomic mass is 10.1. The number of unbranched alkanes of at least 4 members (excludes halogenated alkanes) is 1. The van der Waals surface area contributed by atoms with Gasteiger partial charge in [-0.2, -0.15) is 0 Å². The molecule has 150 valence electrons. The van der Waals surface area contributed by atoms with Gasteiger partial charge in [-0.1, -0.05) is 69.2 Å². The van der Waals surface area contributed by atoms with Gasteiger partial charge in [-0.15, -0.1) is 0 Å². The molecule has 2 aromatic rings. The molecule has 4 heteroatoms. The molecule has 0 bridgehead atoms. The number of anilines is 2. The van der Waals surface area contributed by atoms with Crippen LogP contribution >= 0.6 is 7.44 Å². The molecule has 0 saturated carbocycles. The summed E-state index contributed by atoms with van der Waals surface area (Å²) in [5.41, 5.74) is 3.50. The minimum Gasteiger partial charge on any atom is -0.302 e. The first kappa shape index (κ1) is 20.7. The molecule has 28 heavy (non-hydrogen) atoms. The van der Waals surface area contributed by atoms with Crippen molar-refractivity contribution in [3.05, 3.63) is 71.6 Å². The third-order valence-electron chi connectivity index (χ3n) is 5.64. The molecule has 1 aliphatic heterocycles. The summed E-state index contributed by atoms with van der Waals surface area (Å²) in [6.45, 7) is 8.17. The van der Waals surface area contributed by atoms with Gasteiger partial charge in [0.05, 0.1) is 0 Å². The van der Waals surface area contributed by atoms with Crippen LogP contribution in [0.4, 0.5) is 11.4 Å². The molecule has 0 aliphatic carbocycles. The number of rotatable bonds is 8. The Labute approximate surface area is 170 Å². The molecule has 3 nitrogen and oxygen atoms in total. The van der Waals surface area contributed by atoms with Crippen LogP contribution in [0.5, 0.6) is 0 Å². The van der Waals surface area contributed by atoms with Gasteiger partial charge in [0, 0.05) is 29.8 Å². The van der Waals surface area contributed by atoms with Gasteiger partial charge in [-0.25, -0.2) is 0 Å². The lowest BCUT2D eigenvalue weighted by molar-refractivity contribution is 0.577. The van der Waals surface area contributed by atoms with Crippen LogP contribution in [0.15, 0.2) is 71.6 Å². The lowest BCUT2D eigenvalue weighted by Gasteiger charge is -2.35. The van der Waals surface area contributed by atoms with Gasteiger partial charge in [-0.3, -0.25) is 4.57 Å². The topological polar surface area (TPSA) is 23.6 Å². The highest BCUT2D eigenvalue weighted by atomic mass is 31.2. The summed E-state index contributed by atoms with van der Waals surface area (Å²) >= 11 is 0. The number of hydrogen-bond donors (Lipinski definition) is 0. The second kappa shape index (κ2) is 9.47. The van der Waals surface area contributed by atoms with Crippen LogP contribution in [0.25, 0.3) is 0 Å². The number of benzene rings is 2. The maximum absolute atomic E-state index is 15.0. The molecule has 1 aliphatic rings. The van der Waals surface area contributed by atoms with E-state index in [1.165, 1.54) is 5.57 Å². The molecule has 0 radical (unpaired) electrons. The van der Waals surface area contributed by atoms with Crippen molar-refractivity contribution in [2.75, 3.05) is 22.4 Å². The Kier molecular flexibility index (Phi) is 7.02. The average Bonchev–Trinajstić information content (AvgIpc) is 3.10. The molecule has 0 aromatic heterocycles. The molecule has 0 spiro atoms. The molecule has 3 rings (SSSR count). The molecule has 0 atom stereocenters. The van der Waals surface area contributed by atoms with Crippen molar-refractivity contribution in [3.8, 4) is 0 Å². The van der Waals surface area contributed by atoms with E-state index in [1.807, 2.05) is 36.4 Å². The smallest absolute Gasteiger partial charge is 0.288 e. The summed E-state index contributed by atoms with van der Waals surface area (Å²) in [4.78, 5) is 0. The highest BCUT2D eigenvalue weighted by molar-refractivity contribution is 7.71. The van der Waals surface area contributed by atoms with Gasteiger partial charge in [0.25, 0.3) is 7.44 Å². The Bertz CT molecular complexity index is 781. The first-order valence-electron chi connectivity index (χ1n) is 10.6. The summed E-state index contributed by atoms with van der Waals surface area (Å²) in [5.74, 6) is 0. The molecule has 1 saturated heterocycles. The predicted molar refractivity (Wildman–Crippen MR) is 122 cm³/mol. The van der Waals surface area contributed by atoms with Crippen LogP contribution in [-0.4, -0.2) is 13.1 Å². The molecular weight excluding hydrogens is 363 g/mol. The van der Waals surface area contributed by atoms with E-state index in [-0.39, 0.29) is 0 Å². The third kappa shape index (κ3) is 3.91. The molecule has 1 heterocycles. The Morgan fingerprint density at radius 3 is 1.71 bits per heavy atom. The van der Waals surface area contributed by atoms with Crippen molar-refractivity contribution in [1.29, 1.82) is 0 Å². The Hall–Kier alpha value is -1.99. The van der Waals surface area contributed by atoms with Crippen LogP contribution < -0.4 is 9.34 Å². The zero-order valence-corrected chi connectivity index (χ0v) is 18.4. The fraction of sp³-hybridized carbons (Fsp3) is 0.417. The fourth-order valence-corrected chi connectivity index (χ4v) is 7.78.